The lowest BCUT2D eigenvalue weighted by Gasteiger charge is -2.04. The number of nitriles is 1. The van der Waals surface area contributed by atoms with E-state index in [1.54, 1.807) is 47.0 Å². The number of hydrogen-bond acceptors (Lipinski definition) is 7. The van der Waals surface area contributed by atoms with Gasteiger partial charge in [-0.15, -0.1) is 10.2 Å². The Hall–Kier alpha value is -1.23. The summed E-state index contributed by atoms with van der Waals surface area (Å²) in [4.78, 5) is 0. The van der Waals surface area contributed by atoms with Crippen LogP contribution in [0.2, 0.25) is 0 Å². The van der Waals surface area contributed by atoms with Gasteiger partial charge in [-0.3, -0.25) is 0 Å². The average molecular weight is 309 g/mol. The van der Waals surface area contributed by atoms with Crippen molar-refractivity contribution in [2.75, 3.05) is 18.6 Å². The second-order valence-electron chi connectivity index (χ2n) is 3.37. The first-order valence-corrected chi connectivity index (χ1v) is 8.48. The predicted octanol–water partition coefficient (Wildman–Crippen LogP) is 3.30. The van der Waals surface area contributed by atoms with E-state index in [2.05, 4.69) is 16.3 Å². The molecule has 4 nitrogen and oxygen atoms in total. The number of benzene rings is 1. The van der Waals surface area contributed by atoms with Gasteiger partial charge in [0.2, 0.25) is 0 Å². The van der Waals surface area contributed by atoms with Crippen LogP contribution >= 0.6 is 34.9 Å². The maximum absolute atomic E-state index is 8.78. The zero-order chi connectivity index (χ0) is 13.5. The lowest BCUT2D eigenvalue weighted by atomic mass is 10.2. The molecule has 2 rings (SSSR count). The molecule has 0 amide bonds. The van der Waals surface area contributed by atoms with E-state index in [9.17, 15) is 0 Å². The van der Waals surface area contributed by atoms with Crippen molar-refractivity contribution in [3.8, 4) is 11.8 Å². The van der Waals surface area contributed by atoms with E-state index in [4.69, 9.17) is 10.00 Å². The molecule has 0 bridgehead atoms. The molecule has 0 fully saturated rings. The average Bonchev–Trinajstić information content (AvgIpc) is 2.92. The minimum Gasteiger partial charge on any atom is -0.493 e. The molecule has 1 aromatic heterocycles. The Kier molecular flexibility index (Phi) is 5.51. The topological polar surface area (TPSA) is 58.8 Å². The van der Waals surface area contributed by atoms with Gasteiger partial charge in [-0.1, -0.05) is 40.9 Å². The summed E-state index contributed by atoms with van der Waals surface area (Å²) in [6, 6.07) is 9.25. The van der Waals surface area contributed by atoms with Crippen LogP contribution in [-0.4, -0.2) is 28.8 Å². The van der Waals surface area contributed by atoms with Crippen LogP contribution in [0.5, 0.6) is 5.75 Å². The SMILES string of the molecule is CSc1nnc(SCCOc2cccc(C#N)c2)s1. The molecular formula is C12H11N3OS3. The van der Waals surface area contributed by atoms with Crippen LogP contribution in [0.1, 0.15) is 5.56 Å². The highest BCUT2D eigenvalue weighted by atomic mass is 32.2. The lowest BCUT2D eigenvalue weighted by molar-refractivity contribution is 0.344. The van der Waals surface area contributed by atoms with Crippen LogP contribution < -0.4 is 4.74 Å². The fourth-order valence-electron chi connectivity index (χ4n) is 1.28. The minimum atomic E-state index is 0.577. The zero-order valence-electron chi connectivity index (χ0n) is 10.2. The number of thioether (sulfide) groups is 2. The van der Waals surface area contributed by atoms with E-state index >= 15 is 0 Å². The van der Waals surface area contributed by atoms with Gasteiger partial charge in [0.15, 0.2) is 8.68 Å². The highest BCUT2D eigenvalue weighted by molar-refractivity contribution is 8.02. The standard InChI is InChI=1S/C12H11N3OS3/c1-17-11-14-15-12(19-11)18-6-5-16-10-4-2-3-9(7-10)8-13/h2-4,7H,5-6H2,1H3. The summed E-state index contributed by atoms with van der Waals surface area (Å²) in [6.07, 6.45) is 1.99. The van der Waals surface area contributed by atoms with Crippen LogP contribution in [0.3, 0.4) is 0 Å². The summed E-state index contributed by atoms with van der Waals surface area (Å²) in [5, 5.41) is 16.9. The van der Waals surface area contributed by atoms with Gasteiger partial charge in [-0.25, -0.2) is 0 Å². The molecule has 1 aromatic carbocycles. The Morgan fingerprint density at radius 1 is 1.37 bits per heavy atom. The number of rotatable bonds is 6. The predicted molar refractivity (Wildman–Crippen MR) is 79.1 cm³/mol. The molecule has 0 radical (unpaired) electrons. The van der Waals surface area contributed by atoms with Crippen LogP contribution in [0.25, 0.3) is 0 Å². The van der Waals surface area contributed by atoms with Crippen molar-refractivity contribution >= 4 is 34.9 Å². The molecule has 7 heteroatoms. The second kappa shape index (κ2) is 7.38. The molecular weight excluding hydrogens is 298 g/mol. The monoisotopic (exact) mass is 309 g/mol. The van der Waals surface area contributed by atoms with E-state index < -0.39 is 0 Å². The van der Waals surface area contributed by atoms with E-state index in [1.165, 1.54) is 0 Å². The van der Waals surface area contributed by atoms with E-state index in [0.29, 0.717) is 12.2 Å². The zero-order valence-corrected chi connectivity index (χ0v) is 12.6. The molecule has 2 aromatic rings. The maximum Gasteiger partial charge on any atom is 0.175 e. The number of aromatic nitrogens is 2. The Bertz CT molecular complexity index is 580. The summed E-state index contributed by atoms with van der Waals surface area (Å²) in [5.41, 5.74) is 0.610. The van der Waals surface area contributed by atoms with Crippen molar-refractivity contribution in [3.63, 3.8) is 0 Å². The van der Waals surface area contributed by atoms with Crippen molar-refractivity contribution in [2.45, 2.75) is 8.68 Å². The highest BCUT2D eigenvalue weighted by Crippen LogP contribution is 2.27. The quantitative estimate of drug-likeness (QED) is 0.603. The molecule has 0 aliphatic carbocycles. The third-order valence-corrected chi connectivity index (χ3v) is 5.10. The first-order valence-electron chi connectivity index (χ1n) is 5.45. The molecule has 0 saturated heterocycles. The van der Waals surface area contributed by atoms with Crippen molar-refractivity contribution in [2.24, 2.45) is 0 Å². The summed E-state index contributed by atoms with van der Waals surface area (Å²) in [7, 11) is 0. The molecule has 19 heavy (non-hydrogen) atoms. The van der Waals surface area contributed by atoms with Crippen molar-refractivity contribution < 1.29 is 4.74 Å². The number of nitrogens with zero attached hydrogens (tertiary/aromatic N) is 3. The van der Waals surface area contributed by atoms with Gasteiger partial charge in [0.05, 0.1) is 18.2 Å². The van der Waals surface area contributed by atoms with Crippen molar-refractivity contribution in [3.05, 3.63) is 29.8 Å². The summed E-state index contributed by atoms with van der Waals surface area (Å²) in [5.74, 6) is 1.53. The molecule has 0 unspecified atom stereocenters. The summed E-state index contributed by atoms with van der Waals surface area (Å²) >= 11 is 4.82. The molecule has 0 aliphatic heterocycles. The largest absolute Gasteiger partial charge is 0.493 e. The summed E-state index contributed by atoms with van der Waals surface area (Å²) < 4.78 is 7.52. The normalized spacial score (nSPS) is 10.1. The Labute approximate surface area is 124 Å². The fourth-order valence-corrected chi connectivity index (χ4v) is 3.61. The summed E-state index contributed by atoms with van der Waals surface area (Å²) in [6.45, 7) is 0.577. The van der Waals surface area contributed by atoms with Crippen molar-refractivity contribution in [1.29, 1.82) is 5.26 Å². The first kappa shape index (κ1) is 14.2. The molecule has 0 N–H and O–H groups in total. The Morgan fingerprint density at radius 3 is 2.95 bits per heavy atom. The fraction of sp³-hybridized carbons (Fsp3) is 0.250. The number of ether oxygens (including phenoxy) is 1. The Balaban J connectivity index is 1.76. The van der Waals surface area contributed by atoms with Crippen LogP contribution in [0.4, 0.5) is 0 Å². The Morgan fingerprint density at radius 2 is 2.21 bits per heavy atom. The van der Waals surface area contributed by atoms with Gasteiger partial charge >= 0.3 is 0 Å². The van der Waals surface area contributed by atoms with E-state index in [0.717, 1.165) is 20.2 Å². The van der Waals surface area contributed by atoms with E-state index in [1.807, 2.05) is 18.4 Å². The smallest absolute Gasteiger partial charge is 0.175 e. The molecule has 0 aliphatic rings. The number of hydrogen-bond donors (Lipinski definition) is 0. The molecule has 0 atom stereocenters. The van der Waals surface area contributed by atoms with Gasteiger partial charge in [0.1, 0.15) is 5.75 Å². The maximum atomic E-state index is 8.78. The molecule has 98 valence electrons. The molecule has 0 spiro atoms. The van der Waals surface area contributed by atoms with E-state index in [-0.39, 0.29) is 0 Å². The van der Waals surface area contributed by atoms with Gasteiger partial charge < -0.3 is 4.74 Å². The molecule has 0 saturated carbocycles. The second-order valence-corrected chi connectivity index (χ2v) is 6.75. The molecule has 1 heterocycles. The highest BCUT2D eigenvalue weighted by Gasteiger charge is 2.03. The van der Waals surface area contributed by atoms with Gasteiger partial charge in [0.25, 0.3) is 0 Å². The van der Waals surface area contributed by atoms with Crippen LogP contribution in [-0.2, 0) is 0 Å². The van der Waals surface area contributed by atoms with Gasteiger partial charge in [-0.05, 0) is 24.5 Å². The van der Waals surface area contributed by atoms with Gasteiger partial charge in [-0.2, -0.15) is 5.26 Å². The lowest BCUT2D eigenvalue weighted by Crippen LogP contribution is -2.00. The minimum absolute atomic E-state index is 0.577. The first-order chi connectivity index (χ1) is 9.31. The van der Waals surface area contributed by atoms with Crippen LogP contribution in [0.15, 0.2) is 32.9 Å². The van der Waals surface area contributed by atoms with Crippen LogP contribution in [0, 0.1) is 11.3 Å². The van der Waals surface area contributed by atoms with Gasteiger partial charge in [0, 0.05) is 5.75 Å². The third kappa shape index (κ3) is 4.42. The third-order valence-electron chi connectivity index (χ3n) is 2.10. The van der Waals surface area contributed by atoms with Crippen molar-refractivity contribution in [1.82, 2.24) is 10.2 Å².